The van der Waals surface area contributed by atoms with Crippen LogP contribution >= 0.6 is 39.1 Å². The molecule has 3 rings (SSSR count). The highest BCUT2D eigenvalue weighted by Gasteiger charge is 2.15. The molecule has 1 N–H and O–H groups in total. The Morgan fingerprint density at radius 2 is 1.89 bits per heavy atom. The van der Waals surface area contributed by atoms with Gasteiger partial charge in [0.15, 0.2) is 11.5 Å². The highest BCUT2D eigenvalue weighted by molar-refractivity contribution is 9.10. The molecule has 0 aliphatic heterocycles. The third-order valence-electron chi connectivity index (χ3n) is 4.72. The summed E-state index contributed by atoms with van der Waals surface area (Å²) in [6, 6.07) is 15.9. The van der Waals surface area contributed by atoms with Crippen molar-refractivity contribution in [3.63, 3.8) is 0 Å². The number of halogens is 3. The summed E-state index contributed by atoms with van der Waals surface area (Å²) in [5.41, 5.74) is 1.30. The number of amides is 1. The molecule has 0 heterocycles. The van der Waals surface area contributed by atoms with Crippen LogP contribution in [0.3, 0.4) is 0 Å². The number of nitro groups is 1. The lowest BCUT2D eigenvalue weighted by molar-refractivity contribution is -0.384. The maximum absolute atomic E-state index is 12.7. The van der Waals surface area contributed by atoms with Crippen molar-refractivity contribution < 1.29 is 19.2 Å². The summed E-state index contributed by atoms with van der Waals surface area (Å²) in [6.07, 6.45) is 1.41. The van der Waals surface area contributed by atoms with Crippen LogP contribution in [0.4, 0.5) is 11.4 Å². The molecule has 36 heavy (non-hydrogen) atoms. The Balaban J connectivity index is 1.85. The molecule has 0 saturated carbocycles. The molecule has 184 valence electrons. The number of non-ortho nitro benzene ring substituents is 1. The SMILES string of the molecule is CCOc1cc(/C=C(\C#N)C(=O)Nc2ccc(Cl)c(Cl)c2)c(Br)cc1OCc1cccc([N+](=O)[O-])c1. The summed E-state index contributed by atoms with van der Waals surface area (Å²) < 4.78 is 12.1. The van der Waals surface area contributed by atoms with Crippen molar-refractivity contribution >= 4 is 62.5 Å². The van der Waals surface area contributed by atoms with E-state index in [1.165, 1.54) is 30.3 Å². The quantitative estimate of drug-likeness (QED) is 0.122. The van der Waals surface area contributed by atoms with Crippen LogP contribution in [-0.4, -0.2) is 17.4 Å². The maximum Gasteiger partial charge on any atom is 0.269 e. The third-order valence-corrected chi connectivity index (χ3v) is 6.15. The largest absolute Gasteiger partial charge is 0.490 e. The van der Waals surface area contributed by atoms with Crippen LogP contribution in [0, 0.1) is 21.4 Å². The molecule has 8 nitrogen and oxygen atoms in total. The van der Waals surface area contributed by atoms with E-state index < -0.39 is 10.8 Å². The predicted octanol–water partition coefficient (Wildman–Crippen LogP) is 7.19. The number of carbonyl (C=O) groups excluding carboxylic acids is 1. The zero-order chi connectivity index (χ0) is 26.2. The Morgan fingerprint density at radius 1 is 1.14 bits per heavy atom. The van der Waals surface area contributed by atoms with E-state index in [4.69, 9.17) is 32.7 Å². The highest BCUT2D eigenvalue weighted by atomic mass is 79.9. The number of carbonyl (C=O) groups is 1. The van der Waals surface area contributed by atoms with Gasteiger partial charge in [-0.25, -0.2) is 0 Å². The molecule has 3 aromatic carbocycles. The van der Waals surface area contributed by atoms with Crippen molar-refractivity contribution in [1.29, 1.82) is 5.26 Å². The minimum atomic E-state index is -0.633. The predicted molar refractivity (Wildman–Crippen MR) is 141 cm³/mol. The average Bonchev–Trinajstić information content (AvgIpc) is 2.85. The first kappa shape index (κ1) is 27.0. The molecule has 0 aliphatic carbocycles. The maximum atomic E-state index is 12.7. The van der Waals surface area contributed by atoms with Crippen LogP contribution in [-0.2, 0) is 11.4 Å². The van der Waals surface area contributed by atoms with E-state index in [0.29, 0.717) is 44.4 Å². The molecular formula is C25H18BrCl2N3O5. The zero-order valence-electron chi connectivity index (χ0n) is 18.8. The minimum absolute atomic E-state index is 0.0361. The number of ether oxygens (including phenoxy) is 2. The molecule has 1 amide bonds. The molecule has 0 spiro atoms. The molecule has 0 radical (unpaired) electrons. The van der Waals surface area contributed by atoms with Gasteiger partial charge in [0.25, 0.3) is 11.6 Å². The topological polar surface area (TPSA) is 114 Å². The fourth-order valence-electron chi connectivity index (χ4n) is 3.04. The summed E-state index contributed by atoms with van der Waals surface area (Å²) in [4.78, 5) is 23.2. The van der Waals surface area contributed by atoms with Crippen molar-refractivity contribution in [3.05, 3.63) is 95.9 Å². The first-order chi connectivity index (χ1) is 17.2. The Morgan fingerprint density at radius 3 is 2.56 bits per heavy atom. The van der Waals surface area contributed by atoms with Gasteiger partial charge in [0.05, 0.1) is 21.6 Å². The molecule has 3 aromatic rings. The van der Waals surface area contributed by atoms with Gasteiger partial charge in [-0.05, 0) is 54.5 Å². The van der Waals surface area contributed by atoms with Crippen LogP contribution in [0.5, 0.6) is 11.5 Å². The first-order valence-electron chi connectivity index (χ1n) is 10.4. The molecule has 0 saturated heterocycles. The van der Waals surface area contributed by atoms with Gasteiger partial charge in [0.1, 0.15) is 18.2 Å². The number of nitrogens with one attached hydrogen (secondary N) is 1. The molecule has 0 bridgehead atoms. The Labute approximate surface area is 225 Å². The number of nitro benzene ring substituents is 1. The second kappa shape index (κ2) is 12.4. The fourth-order valence-corrected chi connectivity index (χ4v) is 3.77. The minimum Gasteiger partial charge on any atom is -0.490 e. The smallest absolute Gasteiger partial charge is 0.269 e. The first-order valence-corrected chi connectivity index (χ1v) is 12.0. The molecule has 11 heteroatoms. The second-order valence-electron chi connectivity index (χ2n) is 7.22. The lowest BCUT2D eigenvalue weighted by Gasteiger charge is -2.14. The number of hydrogen-bond acceptors (Lipinski definition) is 6. The fraction of sp³-hybridized carbons (Fsp3) is 0.120. The Hall–Kier alpha value is -3.58. The van der Waals surface area contributed by atoms with Crippen molar-refractivity contribution in [2.24, 2.45) is 0 Å². The standard InChI is InChI=1S/C25H18BrCl2N3O5/c1-2-35-23-10-16(9-17(13-29)25(32)30-18-6-7-21(27)22(28)11-18)20(26)12-24(23)36-14-15-4-3-5-19(8-15)31(33)34/h3-12H,2,14H2,1H3,(H,30,32)/b17-9+. The van der Waals surface area contributed by atoms with Gasteiger partial charge in [-0.15, -0.1) is 0 Å². The third kappa shape index (κ3) is 6.98. The number of nitrogens with zero attached hydrogens (tertiary/aromatic N) is 2. The monoisotopic (exact) mass is 589 g/mol. The summed E-state index contributed by atoms with van der Waals surface area (Å²) in [6.45, 7) is 2.20. The molecule has 0 aromatic heterocycles. The second-order valence-corrected chi connectivity index (χ2v) is 8.89. The number of benzene rings is 3. The lowest BCUT2D eigenvalue weighted by atomic mass is 10.1. The van der Waals surface area contributed by atoms with Crippen LogP contribution in [0.1, 0.15) is 18.1 Å². The van der Waals surface area contributed by atoms with Gasteiger partial charge < -0.3 is 14.8 Å². The van der Waals surface area contributed by atoms with Crippen LogP contribution < -0.4 is 14.8 Å². The van der Waals surface area contributed by atoms with Crippen molar-refractivity contribution in [2.75, 3.05) is 11.9 Å². The van der Waals surface area contributed by atoms with Crippen LogP contribution in [0.25, 0.3) is 6.08 Å². The van der Waals surface area contributed by atoms with Crippen LogP contribution in [0.15, 0.2) is 64.6 Å². The van der Waals surface area contributed by atoms with Gasteiger partial charge in [0.2, 0.25) is 0 Å². The Kier molecular flexibility index (Phi) is 9.31. The van der Waals surface area contributed by atoms with E-state index in [9.17, 15) is 20.2 Å². The normalized spacial score (nSPS) is 10.9. The lowest BCUT2D eigenvalue weighted by Crippen LogP contribution is -2.13. The Bertz CT molecular complexity index is 1390. The number of nitriles is 1. The number of anilines is 1. The van der Waals surface area contributed by atoms with Gasteiger partial charge in [-0.2, -0.15) is 5.26 Å². The zero-order valence-corrected chi connectivity index (χ0v) is 21.9. The number of rotatable bonds is 9. The van der Waals surface area contributed by atoms with E-state index in [1.807, 2.05) is 6.07 Å². The van der Waals surface area contributed by atoms with Gasteiger partial charge in [-0.1, -0.05) is 51.3 Å². The van der Waals surface area contributed by atoms with E-state index in [0.717, 1.165) is 0 Å². The molecule has 0 atom stereocenters. The van der Waals surface area contributed by atoms with Crippen molar-refractivity contribution in [1.82, 2.24) is 0 Å². The summed E-state index contributed by atoms with van der Waals surface area (Å²) in [5.74, 6) is 0.123. The van der Waals surface area contributed by atoms with Gasteiger partial charge >= 0.3 is 0 Å². The van der Waals surface area contributed by atoms with E-state index >= 15 is 0 Å². The highest BCUT2D eigenvalue weighted by Crippen LogP contribution is 2.36. The summed E-state index contributed by atoms with van der Waals surface area (Å²) in [5, 5.41) is 23.8. The molecule has 0 unspecified atom stereocenters. The van der Waals surface area contributed by atoms with E-state index in [2.05, 4.69) is 21.2 Å². The van der Waals surface area contributed by atoms with E-state index in [-0.39, 0.29) is 22.9 Å². The summed E-state index contributed by atoms with van der Waals surface area (Å²) >= 11 is 15.3. The summed E-state index contributed by atoms with van der Waals surface area (Å²) in [7, 11) is 0. The number of hydrogen-bond donors (Lipinski definition) is 1. The van der Waals surface area contributed by atoms with Gasteiger partial charge in [-0.3, -0.25) is 14.9 Å². The average molecular weight is 591 g/mol. The molecule has 0 fully saturated rings. The molecular weight excluding hydrogens is 573 g/mol. The van der Waals surface area contributed by atoms with Crippen molar-refractivity contribution in [3.8, 4) is 17.6 Å². The van der Waals surface area contributed by atoms with Gasteiger partial charge in [0, 0.05) is 22.3 Å². The molecule has 0 aliphatic rings. The van der Waals surface area contributed by atoms with E-state index in [1.54, 1.807) is 37.3 Å². The van der Waals surface area contributed by atoms with Crippen molar-refractivity contribution in [2.45, 2.75) is 13.5 Å². The van der Waals surface area contributed by atoms with Crippen LogP contribution in [0.2, 0.25) is 10.0 Å².